The van der Waals surface area contributed by atoms with E-state index in [0.717, 1.165) is 36.6 Å². The fourth-order valence-corrected chi connectivity index (χ4v) is 5.69. The number of benzene rings is 2. The average molecular weight is 533 g/mol. The summed E-state index contributed by atoms with van der Waals surface area (Å²) in [4.78, 5) is 15.1. The molecule has 1 heterocycles. The van der Waals surface area contributed by atoms with E-state index in [1.54, 1.807) is 44.6 Å². The summed E-state index contributed by atoms with van der Waals surface area (Å²) >= 11 is 1.03. The lowest BCUT2D eigenvalue weighted by Gasteiger charge is -2.15. The van der Waals surface area contributed by atoms with E-state index in [0.29, 0.717) is 36.0 Å². The van der Waals surface area contributed by atoms with Crippen molar-refractivity contribution in [2.24, 2.45) is 4.40 Å². The van der Waals surface area contributed by atoms with Crippen LogP contribution in [0.5, 0.6) is 11.5 Å². The topological polar surface area (TPSA) is 94.5 Å². The van der Waals surface area contributed by atoms with E-state index in [1.807, 2.05) is 12.1 Å². The number of sulfonamides is 1. The molecule has 1 aliphatic rings. The molecule has 0 bridgehead atoms. The van der Waals surface area contributed by atoms with Crippen LogP contribution in [0.1, 0.15) is 38.2 Å². The van der Waals surface area contributed by atoms with Gasteiger partial charge in [-0.1, -0.05) is 44.0 Å². The molecule has 0 atom stereocenters. The highest BCUT2D eigenvalue weighted by atomic mass is 32.2. The fraction of sp³-hybridized carbons (Fsp3) is 0.385. The van der Waals surface area contributed by atoms with Crippen molar-refractivity contribution in [1.82, 2.24) is 4.90 Å². The summed E-state index contributed by atoms with van der Waals surface area (Å²) in [5.41, 5.74) is 0.729. The molecule has 0 radical (unpaired) electrons. The predicted molar refractivity (Wildman–Crippen MR) is 143 cm³/mol. The normalized spacial score (nSPS) is 16.2. The van der Waals surface area contributed by atoms with Gasteiger partial charge in [-0.3, -0.25) is 9.69 Å². The molecule has 1 saturated heterocycles. The van der Waals surface area contributed by atoms with Gasteiger partial charge in [-0.25, -0.2) is 0 Å². The number of hydrogen-bond acceptors (Lipinski definition) is 7. The Morgan fingerprint density at radius 2 is 1.78 bits per heavy atom. The minimum Gasteiger partial charge on any atom is -0.493 e. The number of ether oxygens (including phenoxy) is 3. The van der Waals surface area contributed by atoms with Crippen molar-refractivity contribution in [3.8, 4) is 11.5 Å². The largest absolute Gasteiger partial charge is 0.493 e. The number of nitrogens with zero attached hydrogens (tertiary/aromatic N) is 2. The van der Waals surface area contributed by atoms with E-state index in [4.69, 9.17) is 14.2 Å². The van der Waals surface area contributed by atoms with E-state index in [2.05, 4.69) is 11.3 Å². The van der Waals surface area contributed by atoms with Crippen molar-refractivity contribution in [3.63, 3.8) is 0 Å². The van der Waals surface area contributed by atoms with Crippen LogP contribution in [0, 0.1) is 0 Å². The highest BCUT2D eigenvalue weighted by molar-refractivity contribution is 8.19. The Labute approximate surface area is 217 Å². The zero-order valence-electron chi connectivity index (χ0n) is 20.8. The van der Waals surface area contributed by atoms with Gasteiger partial charge in [-0.15, -0.1) is 4.40 Å². The van der Waals surface area contributed by atoms with Crippen LogP contribution in [0.3, 0.4) is 0 Å². The van der Waals surface area contributed by atoms with Gasteiger partial charge in [0.2, 0.25) is 0 Å². The molecule has 2 aromatic rings. The SMILES string of the molecule is CCCCCOc1ccc(C=C2SC(=NS(=O)(=O)c3ccccc3)N(CCCOC)C2=O)cc1OC. The third-order valence-corrected chi connectivity index (χ3v) is 7.75. The summed E-state index contributed by atoms with van der Waals surface area (Å²) in [7, 11) is -0.837. The van der Waals surface area contributed by atoms with Gasteiger partial charge in [0.1, 0.15) is 0 Å². The third-order valence-electron chi connectivity index (χ3n) is 5.35. The van der Waals surface area contributed by atoms with Crippen LogP contribution in [0.2, 0.25) is 0 Å². The summed E-state index contributed by atoms with van der Waals surface area (Å²) in [6.45, 7) is 3.46. The lowest BCUT2D eigenvalue weighted by Crippen LogP contribution is -2.31. The molecule has 0 saturated carbocycles. The molecule has 0 aromatic heterocycles. The van der Waals surface area contributed by atoms with Crippen LogP contribution < -0.4 is 9.47 Å². The summed E-state index contributed by atoms with van der Waals surface area (Å²) in [6, 6.07) is 13.4. The van der Waals surface area contributed by atoms with E-state index >= 15 is 0 Å². The Morgan fingerprint density at radius 1 is 1.00 bits per heavy atom. The third kappa shape index (κ3) is 7.35. The van der Waals surface area contributed by atoms with Gasteiger partial charge in [0.25, 0.3) is 15.9 Å². The number of amides is 1. The molecule has 0 spiro atoms. The maximum atomic E-state index is 13.2. The number of carbonyl (C=O) groups is 1. The second-order valence-electron chi connectivity index (χ2n) is 8.04. The van der Waals surface area contributed by atoms with Gasteiger partial charge >= 0.3 is 0 Å². The van der Waals surface area contributed by atoms with Crippen LogP contribution in [0.4, 0.5) is 0 Å². The standard InChI is InChI=1S/C26H32N2O6S2/c1-4-5-9-17-34-22-14-13-20(18-23(22)33-3)19-24-25(29)28(15-10-16-32-2)26(35-24)27-36(30,31)21-11-7-6-8-12-21/h6-8,11-14,18-19H,4-5,9-10,15-17H2,1-3H3. The molecule has 194 valence electrons. The van der Waals surface area contributed by atoms with Gasteiger partial charge in [-0.05, 0) is 60.5 Å². The fourth-order valence-electron chi connectivity index (χ4n) is 3.47. The molecular weight excluding hydrogens is 500 g/mol. The summed E-state index contributed by atoms with van der Waals surface area (Å²) in [6.07, 6.45) is 5.41. The Kier molecular flexibility index (Phi) is 10.4. The Morgan fingerprint density at radius 3 is 2.47 bits per heavy atom. The molecule has 1 fully saturated rings. The van der Waals surface area contributed by atoms with Crippen LogP contribution in [0.25, 0.3) is 6.08 Å². The van der Waals surface area contributed by atoms with E-state index in [1.165, 1.54) is 17.0 Å². The minimum atomic E-state index is -3.98. The second-order valence-corrected chi connectivity index (χ2v) is 10.7. The molecule has 2 aromatic carbocycles. The molecule has 10 heteroatoms. The average Bonchev–Trinajstić information content (AvgIpc) is 3.16. The van der Waals surface area contributed by atoms with Crippen molar-refractivity contribution < 1.29 is 27.4 Å². The molecule has 0 aliphatic carbocycles. The van der Waals surface area contributed by atoms with Crippen molar-refractivity contribution in [2.75, 3.05) is 34.0 Å². The van der Waals surface area contributed by atoms with Crippen molar-refractivity contribution in [3.05, 3.63) is 59.0 Å². The number of hydrogen-bond donors (Lipinski definition) is 0. The quantitative estimate of drug-likeness (QED) is 0.266. The van der Waals surface area contributed by atoms with Gasteiger partial charge < -0.3 is 14.2 Å². The lowest BCUT2D eigenvalue weighted by molar-refractivity contribution is -0.122. The van der Waals surface area contributed by atoms with Gasteiger partial charge in [-0.2, -0.15) is 8.42 Å². The molecule has 8 nitrogen and oxygen atoms in total. The number of unbranched alkanes of at least 4 members (excludes halogenated alkanes) is 2. The molecular formula is C26H32N2O6S2. The first-order chi connectivity index (χ1) is 17.4. The minimum absolute atomic E-state index is 0.0686. The van der Waals surface area contributed by atoms with Crippen LogP contribution >= 0.6 is 11.8 Å². The van der Waals surface area contributed by atoms with Gasteiger partial charge in [0, 0.05) is 20.3 Å². The highest BCUT2D eigenvalue weighted by Crippen LogP contribution is 2.35. The monoisotopic (exact) mass is 532 g/mol. The van der Waals surface area contributed by atoms with Crippen molar-refractivity contribution in [2.45, 2.75) is 37.5 Å². The zero-order valence-corrected chi connectivity index (χ0v) is 22.4. The Hall–Kier alpha value is -2.82. The first-order valence-electron chi connectivity index (χ1n) is 11.8. The predicted octanol–water partition coefficient (Wildman–Crippen LogP) is 4.96. The van der Waals surface area contributed by atoms with E-state index < -0.39 is 10.0 Å². The van der Waals surface area contributed by atoms with Crippen molar-refractivity contribution >= 4 is 38.9 Å². The first kappa shape index (κ1) is 27.8. The van der Waals surface area contributed by atoms with Crippen molar-refractivity contribution in [1.29, 1.82) is 0 Å². The number of methoxy groups -OCH3 is 2. The Balaban J connectivity index is 1.88. The lowest BCUT2D eigenvalue weighted by atomic mass is 10.2. The molecule has 0 N–H and O–H groups in total. The number of carbonyl (C=O) groups excluding carboxylic acids is 1. The van der Waals surface area contributed by atoms with Gasteiger partial charge in [0.05, 0.1) is 23.5 Å². The summed E-state index contributed by atoms with van der Waals surface area (Å²) in [5, 5.41) is 0.119. The smallest absolute Gasteiger partial charge is 0.284 e. The van der Waals surface area contributed by atoms with Gasteiger partial charge in [0.15, 0.2) is 16.7 Å². The zero-order chi connectivity index (χ0) is 26.0. The molecule has 1 aliphatic heterocycles. The highest BCUT2D eigenvalue weighted by Gasteiger charge is 2.34. The molecule has 36 heavy (non-hydrogen) atoms. The molecule has 3 rings (SSSR count). The number of amidine groups is 1. The van der Waals surface area contributed by atoms with E-state index in [-0.39, 0.29) is 22.5 Å². The number of thioether (sulfide) groups is 1. The van der Waals surface area contributed by atoms with E-state index in [9.17, 15) is 13.2 Å². The molecule has 0 unspecified atom stereocenters. The summed E-state index contributed by atoms with van der Waals surface area (Å²) < 4.78 is 46.2. The molecule has 1 amide bonds. The first-order valence-corrected chi connectivity index (χ1v) is 14.1. The summed E-state index contributed by atoms with van der Waals surface area (Å²) in [5.74, 6) is 0.893. The second kappa shape index (κ2) is 13.5. The van der Waals surface area contributed by atoms with Crippen LogP contribution in [0.15, 0.2) is 62.7 Å². The maximum absolute atomic E-state index is 13.2. The van der Waals surface area contributed by atoms with Crippen LogP contribution in [-0.4, -0.2) is 58.4 Å². The van der Waals surface area contributed by atoms with Crippen LogP contribution in [-0.2, 0) is 19.6 Å². The number of rotatable bonds is 13. The Bertz CT molecular complexity index is 1200. The maximum Gasteiger partial charge on any atom is 0.284 e.